The van der Waals surface area contributed by atoms with Crippen LogP contribution in [-0.2, 0) is 0 Å². The first-order valence-corrected chi connectivity index (χ1v) is 6.33. The molecule has 0 heterocycles. The fourth-order valence-corrected chi connectivity index (χ4v) is 2.80. The van der Waals surface area contributed by atoms with Gasteiger partial charge in [0.1, 0.15) is 0 Å². The van der Waals surface area contributed by atoms with Crippen molar-refractivity contribution in [3.63, 3.8) is 0 Å². The maximum absolute atomic E-state index is 2.28. The Bertz CT molecular complexity index is 392. The Morgan fingerprint density at radius 2 is 1.94 bits per heavy atom. The summed E-state index contributed by atoms with van der Waals surface area (Å²) in [7, 11) is 4.24. The van der Waals surface area contributed by atoms with E-state index in [0.29, 0.717) is 5.92 Å². The molecule has 1 aromatic carbocycles. The molecule has 0 fully saturated rings. The van der Waals surface area contributed by atoms with Gasteiger partial charge in [0.25, 0.3) is 0 Å². The highest BCUT2D eigenvalue weighted by Gasteiger charge is 2.16. The van der Waals surface area contributed by atoms with Crippen LogP contribution in [-0.4, -0.2) is 25.5 Å². The van der Waals surface area contributed by atoms with Crippen LogP contribution in [0.4, 0.5) is 0 Å². The van der Waals surface area contributed by atoms with Gasteiger partial charge in [-0.05, 0) is 31.1 Å². The summed E-state index contributed by atoms with van der Waals surface area (Å²) in [5.74, 6) is 0.556. The number of nitrogens with zero attached hydrogens (tertiary/aromatic N) is 1. The van der Waals surface area contributed by atoms with Crippen LogP contribution >= 0.6 is 11.8 Å². The third-order valence-electron chi connectivity index (χ3n) is 2.51. The van der Waals surface area contributed by atoms with Crippen LogP contribution in [0, 0.1) is 5.92 Å². The molecule has 1 aliphatic rings. The molecule has 1 aromatic rings. The molecule has 0 bridgehead atoms. The molecule has 1 nitrogen and oxygen atoms in total. The zero-order valence-electron chi connectivity index (χ0n) is 9.76. The van der Waals surface area contributed by atoms with E-state index in [1.807, 2.05) is 11.8 Å². The highest BCUT2D eigenvalue weighted by Crippen LogP contribution is 2.35. The van der Waals surface area contributed by atoms with Crippen LogP contribution in [0.2, 0.25) is 0 Å². The highest BCUT2D eigenvalue weighted by molar-refractivity contribution is 8.03. The van der Waals surface area contributed by atoms with E-state index in [1.165, 1.54) is 9.80 Å². The number of allylic oxidation sites excluding steroid dienone is 2. The SMILES string of the molecule is CN(C)C[C@@H]1C=CC=C1Sc1ccccc1. The molecule has 0 unspecified atom stereocenters. The van der Waals surface area contributed by atoms with Crippen molar-refractivity contribution in [3.05, 3.63) is 53.5 Å². The maximum atomic E-state index is 2.28. The van der Waals surface area contributed by atoms with Crippen molar-refractivity contribution in [1.82, 2.24) is 4.90 Å². The van der Waals surface area contributed by atoms with E-state index < -0.39 is 0 Å². The normalized spacial score (nSPS) is 19.2. The molecule has 2 rings (SSSR count). The molecule has 0 saturated heterocycles. The van der Waals surface area contributed by atoms with E-state index >= 15 is 0 Å². The van der Waals surface area contributed by atoms with E-state index in [2.05, 4.69) is 67.6 Å². The molecule has 1 aliphatic carbocycles. The molecule has 0 spiro atoms. The van der Waals surface area contributed by atoms with Crippen molar-refractivity contribution in [3.8, 4) is 0 Å². The average molecular weight is 231 g/mol. The summed E-state index contributed by atoms with van der Waals surface area (Å²) in [5, 5.41) is 0. The van der Waals surface area contributed by atoms with Gasteiger partial charge in [-0.1, -0.05) is 48.2 Å². The minimum absolute atomic E-state index is 0.556. The summed E-state index contributed by atoms with van der Waals surface area (Å²) < 4.78 is 0. The van der Waals surface area contributed by atoms with E-state index in [-0.39, 0.29) is 0 Å². The predicted octanol–water partition coefficient (Wildman–Crippen LogP) is 3.41. The number of benzene rings is 1. The van der Waals surface area contributed by atoms with Crippen LogP contribution in [0.5, 0.6) is 0 Å². The van der Waals surface area contributed by atoms with Gasteiger partial charge in [-0.3, -0.25) is 0 Å². The number of hydrogen-bond acceptors (Lipinski definition) is 2. The molecule has 1 atom stereocenters. The van der Waals surface area contributed by atoms with Gasteiger partial charge in [0.2, 0.25) is 0 Å². The van der Waals surface area contributed by atoms with Crippen molar-refractivity contribution in [1.29, 1.82) is 0 Å². The minimum atomic E-state index is 0.556. The van der Waals surface area contributed by atoms with Gasteiger partial charge in [-0.2, -0.15) is 0 Å². The van der Waals surface area contributed by atoms with Gasteiger partial charge in [0.15, 0.2) is 0 Å². The largest absolute Gasteiger partial charge is 0.308 e. The summed E-state index contributed by atoms with van der Waals surface area (Å²) >= 11 is 1.87. The van der Waals surface area contributed by atoms with Crippen LogP contribution in [0.25, 0.3) is 0 Å². The lowest BCUT2D eigenvalue weighted by Crippen LogP contribution is -2.20. The Morgan fingerprint density at radius 1 is 1.19 bits per heavy atom. The molecule has 84 valence electrons. The summed E-state index contributed by atoms with van der Waals surface area (Å²) in [6.45, 7) is 1.09. The molecule has 0 amide bonds. The predicted molar refractivity (Wildman–Crippen MR) is 71.6 cm³/mol. The van der Waals surface area contributed by atoms with E-state index in [1.54, 1.807) is 0 Å². The molecule has 0 radical (unpaired) electrons. The highest BCUT2D eigenvalue weighted by atomic mass is 32.2. The lowest BCUT2D eigenvalue weighted by atomic mass is 10.1. The molecular weight excluding hydrogens is 214 g/mol. The first-order valence-electron chi connectivity index (χ1n) is 5.52. The quantitative estimate of drug-likeness (QED) is 0.781. The van der Waals surface area contributed by atoms with Gasteiger partial charge in [0.05, 0.1) is 0 Å². The summed E-state index contributed by atoms with van der Waals surface area (Å²) in [6.07, 6.45) is 6.68. The second-order valence-electron chi connectivity index (χ2n) is 4.24. The van der Waals surface area contributed by atoms with Gasteiger partial charge in [-0.25, -0.2) is 0 Å². The third-order valence-corrected chi connectivity index (χ3v) is 3.69. The second kappa shape index (κ2) is 5.37. The lowest BCUT2D eigenvalue weighted by molar-refractivity contribution is 0.385. The van der Waals surface area contributed by atoms with Crippen LogP contribution in [0.3, 0.4) is 0 Å². The Labute approximate surface area is 102 Å². The van der Waals surface area contributed by atoms with Gasteiger partial charge >= 0.3 is 0 Å². The van der Waals surface area contributed by atoms with Gasteiger partial charge in [0, 0.05) is 17.4 Å². The minimum Gasteiger partial charge on any atom is -0.308 e. The molecule has 0 saturated carbocycles. The standard InChI is InChI=1S/C14H17NS/c1-15(2)11-12-7-6-10-14(12)16-13-8-4-3-5-9-13/h3-10,12H,11H2,1-2H3/t12-/m0/s1. The Balaban J connectivity index is 2.00. The van der Waals surface area contributed by atoms with E-state index in [0.717, 1.165) is 6.54 Å². The first-order chi connectivity index (χ1) is 7.75. The van der Waals surface area contributed by atoms with Crippen molar-refractivity contribution < 1.29 is 0 Å². The summed E-state index contributed by atoms with van der Waals surface area (Å²) in [5.41, 5.74) is 0. The zero-order valence-corrected chi connectivity index (χ0v) is 10.6. The van der Waals surface area contributed by atoms with Crippen LogP contribution < -0.4 is 0 Å². The number of rotatable bonds is 4. The Morgan fingerprint density at radius 3 is 2.62 bits per heavy atom. The third kappa shape index (κ3) is 3.00. The van der Waals surface area contributed by atoms with Crippen LogP contribution in [0.1, 0.15) is 0 Å². The zero-order chi connectivity index (χ0) is 11.4. The fraction of sp³-hybridized carbons (Fsp3) is 0.286. The molecule has 0 aliphatic heterocycles. The van der Waals surface area contributed by atoms with E-state index in [9.17, 15) is 0 Å². The average Bonchev–Trinajstić information content (AvgIpc) is 2.66. The topological polar surface area (TPSA) is 3.24 Å². The van der Waals surface area contributed by atoms with Gasteiger partial charge < -0.3 is 4.90 Å². The van der Waals surface area contributed by atoms with Crippen LogP contribution in [0.15, 0.2) is 58.4 Å². The van der Waals surface area contributed by atoms with Crippen molar-refractivity contribution in [2.75, 3.05) is 20.6 Å². The van der Waals surface area contributed by atoms with E-state index in [4.69, 9.17) is 0 Å². The number of hydrogen-bond donors (Lipinski definition) is 0. The van der Waals surface area contributed by atoms with Gasteiger partial charge in [-0.15, -0.1) is 0 Å². The first kappa shape index (κ1) is 11.5. The lowest BCUT2D eigenvalue weighted by Gasteiger charge is -2.18. The Kier molecular flexibility index (Phi) is 3.86. The van der Waals surface area contributed by atoms with Crippen molar-refractivity contribution in [2.24, 2.45) is 5.92 Å². The Hall–Kier alpha value is -0.990. The molecular formula is C14H17NS. The fourth-order valence-electron chi connectivity index (χ4n) is 1.78. The van der Waals surface area contributed by atoms with Crippen molar-refractivity contribution >= 4 is 11.8 Å². The molecule has 16 heavy (non-hydrogen) atoms. The molecule has 0 N–H and O–H groups in total. The molecule has 2 heteroatoms. The smallest absolute Gasteiger partial charge is 0.0212 e. The van der Waals surface area contributed by atoms with Crippen molar-refractivity contribution in [2.45, 2.75) is 4.90 Å². The second-order valence-corrected chi connectivity index (χ2v) is 5.38. The monoisotopic (exact) mass is 231 g/mol. The summed E-state index contributed by atoms with van der Waals surface area (Å²) in [6, 6.07) is 10.6. The maximum Gasteiger partial charge on any atom is 0.0212 e. The number of thioether (sulfide) groups is 1. The summed E-state index contributed by atoms with van der Waals surface area (Å²) in [4.78, 5) is 5.00. The molecule has 0 aromatic heterocycles.